The second-order valence-corrected chi connectivity index (χ2v) is 8.50. The van der Waals surface area contributed by atoms with Crippen LogP contribution in [0.5, 0.6) is 0 Å². The largest absolute Gasteiger partial charge is 0.368 e. The maximum atomic E-state index is 12.6. The van der Waals surface area contributed by atoms with Gasteiger partial charge in [0.25, 0.3) is 11.8 Å². The van der Waals surface area contributed by atoms with Crippen molar-refractivity contribution in [2.45, 2.75) is 19.3 Å². The van der Waals surface area contributed by atoms with Crippen molar-refractivity contribution in [3.8, 4) is 0 Å². The summed E-state index contributed by atoms with van der Waals surface area (Å²) in [6.07, 6.45) is 2.23. The van der Waals surface area contributed by atoms with E-state index in [0.29, 0.717) is 37.1 Å². The van der Waals surface area contributed by atoms with Gasteiger partial charge in [-0.25, -0.2) is 0 Å². The molecule has 33 heavy (non-hydrogen) atoms. The van der Waals surface area contributed by atoms with Crippen LogP contribution < -0.4 is 20.9 Å². The lowest BCUT2D eigenvalue weighted by atomic mass is 10.1. The molecule has 0 unspecified atom stereocenters. The molecule has 2 aromatic carbocycles. The Morgan fingerprint density at radius 3 is 2.33 bits per heavy atom. The van der Waals surface area contributed by atoms with Gasteiger partial charge in [0.2, 0.25) is 5.91 Å². The minimum Gasteiger partial charge on any atom is -0.368 e. The van der Waals surface area contributed by atoms with Crippen molar-refractivity contribution in [1.29, 1.82) is 0 Å². The van der Waals surface area contributed by atoms with Crippen molar-refractivity contribution < 1.29 is 14.4 Å². The zero-order valence-corrected chi connectivity index (χ0v) is 18.8. The molecule has 3 N–H and O–H groups in total. The highest BCUT2D eigenvalue weighted by Crippen LogP contribution is 2.25. The third kappa shape index (κ3) is 5.45. The topological polar surface area (TPSA) is 99.0 Å². The smallest absolute Gasteiger partial charge is 0.251 e. The number of nitrogens with two attached hydrogens (primary N) is 1. The fourth-order valence-electron chi connectivity index (χ4n) is 4.51. The first kappa shape index (κ1) is 22.6. The van der Waals surface area contributed by atoms with Crippen LogP contribution in [0.2, 0.25) is 0 Å². The van der Waals surface area contributed by atoms with E-state index in [4.69, 9.17) is 5.73 Å². The Labute approximate surface area is 194 Å². The monoisotopic (exact) mass is 449 g/mol. The lowest BCUT2D eigenvalue weighted by Crippen LogP contribution is -2.47. The Morgan fingerprint density at radius 2 is 1.67 bits per heavy atom. The molecule has 0 radical (unpaired) electrons. The number of carbonyl (C=O) groups excluding carboxylic acids is 3. The van der Waals surface area contributed by atoms with Gasteiger partial charge in [-0.1, -0.05) is 18.2 Å². The lowest BCUT2D eigenvalue weighted by Gasteiger charge is -2.38. The van der Waals surface area contributed by atoms with Crippen LogP contribution in [0, 0.1) is 0 Å². The normalized spacial score (nSPS) is 16.2. The maximum absolute atomic E-state index is 12.6. The van der Waals surface area contributed by atoms with Crippen molar-refractivity contribution in [1.82, 2.24) is 10.2 Å². The highest BCUT2D eigenvalue weighted by Gasteiger charge is 2.23. The van der Waals surface area contributed by atoms with Crippen LogP contribution in [0.1, 0.15) is 40.0 Å². The Hall–Kier alpha value is -3.55. The van der Waals surface area contributed by atoms with Crippen LogP contribution in [-0.2, 0) is 4.79 Å². The number of primary amides is 1. The molecule has 2 aliphatic rings. The minimum atomic E-state index is -0.544. The van der Waals surface area contributed by atoms with Gasteiger partial charge in [0, 0.05) is 69.2 Å². The van der Waals surface area contributed by atoms with Gasteiger partial charge in [-0.2, -0.15) is 0 Å². The highest BCUT2D eigenvalue weighted by atomic mass is 16.2. The van der Waals surface area contributed by atoms with Gasteiger partial charge in [0.15, 0.2) is 0 Å². The molecule has 2 aromatic rings. The number of para-hydroxylation sites is 1. The fraction of sp³-hybridized carbons (Fsp3) is 0.400. The van der Waals surface area contributed by atoms with Crippen LogP contribution >= 0.6 is 0 Å². The second kappa shape index (κ2) is 10.4. The van der Waals surface area contributed by atoms with Gasteiger partial charge in [0.1, 0.15) is 0 Å². The van der Waals surface area contributed by atoms with Crippen LogP contribution in [-0.4, -0.2) is 68.4 Å². The first-order chi connectivity index (χ1) is 16.0. The molecule has 0 saturated carbocycles. The molecule has 0 aromatic heterocycles. The first-order valence-corrected chi connectivity index (χ1v) is 11.6. The predicted molar refractivity (Wildman–Crippen MR) is 129 cm³/mol. The minimum absolute atomic E-state index is 0.188. The molecule has 0 atom stereocenters. The molecule has 2 fully saturated rings. The Balaban J connectivity index is 1.35. The quantitative estimate of drug-likeness (QED) is 0.600. The Morgan fingerprint density at radius 1 is 0.939 bits per heavy atom. The maximum Gasteiger partial charge on any atom is 0.251 e. The number of carbonyl (C=O) groups is 3. The van der Waals surface area contributed by atoms with E-state index in [-0.39, 0.29) is 11.8 Å². The van der Waals surface area contributed by atoms with E-state index in [1.165, 1.54) is 5.69 Å². The third-order valence-electron chi connectivity index (χ3n) is 6.33. The van der Waals surface area contributed by atoms with Crippen LogP contribution in [0.4, 0.5) is 11.4 Å². The average Bonchev–Trinajstić information content (AvgIpc) is 3.26. The molecule has 2 saturated heterocycles. The van der Waals surface area contributed by atoms with Gasteiger partial charge >= 0.3 is 0 Å². The molecule has 0 aliphatic carbocycles. The number of nitrogens with one attached hydrogen (secondary N) is 1. The number of nitrogens with zero attached hydrogens (tertiary/aromatic N) is 3. The molecule has 0 bridgehead atoms. The number of piperazine rings is 1. The molecule has 4 rings (SSSR count). The summed E-state index contributed by atoms with van der Waals surface area (Å²) in [6.45, 7) is 5.12. The third-order valence-corrected chi connectivity index (χ3v) is 6.33. The van der Waals surface area contributed by atoms with E-state index in [1.807, 2.05) is 29.2 Å². The van der Waals surface area contributed by atoms with Gasteiger partial charge in [0.05, 0.1) is 5.56 Å². The molecule has 174 valence electrons. The summed E-state index contributed by atoms with van der Waals surface area (Å²) in [4.78, 5) is 42.7. The van der Waals surface area contributed by atoms with Crippen molar-refractivity contribution >= 4 is 29.1 Å². The SMILES string of the molecule is NC(=O)c1cc(C(=O)NCCCN2CCCC2=O)ccc1N1CCN(c2ccccc2)CC1. The van der Waals surface area contributed by atoms with E-state index in [9.17, 15) is 14.4 Å². The average molecular weight is 450 g/mol. The van der Waals surface area contributed by atoms with Gasteiger partial charge in [-0.05, 0) is 43.2 Å². The van der Waals surface area contributed by atoms with Crippen molar-refractivity contribution in [2.75, 3.05) is 55.6 Å². The summed E-state index contributed by atoms with van der Waals surface area (Å²) in [7, 11) is 0. The molecular formula is C25H31N5O3. The summed E-state index contributed by atoms with van der Waals surface area (Å²) in [5, 5.41) is 2.88. The molecule has 2 heterocycles. The predicted octanol–water partition coefficient (Wildman–Crippen LogP) is 1.85. The molecule has 8 heteroatoms. The number of benzene rings is 2. The second-order valence-electron chi connectivity index (χ2n) is 8.50. The Kier molecular flexibility index (Phi) is 7.12. The number of rotatable bonds is 8. The fourth-order valence-corrected chi connectivity index (χ4v) is 4.51. The standard InChI is InChI=1S/C25H31N5O3/c26-24(32)21-18-19(25(33)27-11-5-13-30-12-4-8-23(30)31)9-10-22(21)29-16-14-28(15-17-29)20-6-2-1-3-7-20/h1-3,6-7,9-10,18H,4-5,8,11-17H2,(H2,26,32)(H,27,33). The lowest BCUT2D eigenvalue weighted by molar-refractivity contribution is -0.127. The number of hydrogen-bond acceptors (Lipinski definition) is 5. The van der Waals surface area contributed by atoms with Crippen molar-refractivity contribution in [3.05, 3.63) is 59.7 Å². The van der Waals surface area contributed by atoms with Crippen LogP contribution in [0.25, 0.3) is 0 Å². The van der Waals surface area contributed by atoms with E-state index < -0.39 is 5.91 Å². The molecule has 0 spiro atoms. The van der Waals surface area contributed by atoms with E-state index >= 15 is 0 Å². The van der Waals surface area contributed by atoms with E-state index in [1.54, 1.807) is 12.1 Å². The molecule has 3 amide bonds. The van der Waals surface area contributed by atoms with Crippen LogP contribution in [0.15, 0.2) is 48.5 Å². The summed E-state index contributed by atoms with van der Waals surface area (Å²) >= 11 is 0. The van der Waals surface area contributed by atoms with Gasteiger partial charge in [-0.15, -0.1) is 0 Å². The number of anilines is 2. The van der Waals surface area contributed by atoms with Gasteiger partial charge < -0.3 is 25.8 Å². The summed E-state index contributed by atoms with van der Waals surface area (Å²) < 4.78 is 0. The Bertz CT molecular complexity index is 1000. The number of hydrogen-bond donors (Lipinski definition) is 2. The van der Waals surface area contributed by atoms with E-state index in [0.717, 1.165) is 44.8 Å². The zero-order chi connectivity index (χ0) is 23.2. The molecule has 8 nitrogen and oxygen atoms in total. The van der Waals surface area contributed by atoms with Crippen LogP contribution in [0.3, 0.4) is 0 Å². The summed E-state index contributed by atoms with van der Waals surface area (Å²) in [6, 6.07) is 15.4. The summed E-state index contributed by atoms with van der Waals surface area (Å²) in [5.41, 5.74) is 8.39. The number of likely N-dealkylation sites (tertiary alicyclic amines) is 1. The van der Waals surface area contributed by atoms with Crippen molar-refractivity contribution in [3.63, 3.8) is 0 Å². The molecular weight excluding hydrogens is 418 g/mol. The number of amides is 3. The van der Waals surface area contributed by atoms with Crippen molar-refractivity contribution in [2.24, 2.45) is 5.73 Å². The summed E-state index contributed by atoms with van der Waals surface area (Å²) in [5.74, 6) is -0.601. The highest BCUT2D eigenvalue weighted by molar-refractivity contribution is 6.03. The first-order valence-electron chi connectivity index (χ1n) is 11.6. The van der Waals surface area contributed by atoms with E-state index in [2.05, 4.69) is 27.2 Å². The molecule has 2 aliphatic heterocycles. The zero-order valence-electron chi connectivity index (χ0n) is 18.8. The van der Waals surface area contributed by atoms with Gasteiger partial charge in [-0.3, -0.25) is 14.4 Å².